The average Bonchev–Trinajstić information content (AvgIpc) is 3.20. The lowest BCUT2D eigenvalue weighted by atomic mass is 9.50. The Morgan fingerprint density at radius 1 is 1.14 bits per heavy atom. The number of carbonyl (C=O) groups is 1. The molecule has 4 saturated carbocycles. The summed E-state index contributed by atoms with van der Waals surface area (Å²) in [6, 6.07) is 10.4. The summed E-state index contributed by atoms with van der Waals surface area (Å²) in [4.78, 5) is 15.5. The summed E-state index contributed by atoms with van der Waals surface area (Å²) in [5.74, 6) is 1.52. The van der Waals surface area contributed by atoms with Crippen LogP contribution in [0.5, 0.6) is 0 Å². The third-order valence-electron chi connectivity index (χ3n) is 7.98. The monoisotopic (exact) mass is 392 g/mol. The lowest BCUT2D eigenvalue weighted by molar-refractivity contribution is -0.143. The molecule has 7 nitrogen and oxygen atoms in total. The molecule has 1 aromatic carbocycles. The van der Waals surface area contributed by atoms with Crippen molar-refractivity contribution in [3.05, 3.63) is 42.2 Å². The van der Waals surface area contributed by atoms with Gasteiger partial charge in [0.15, 0.2) is 6.33 Å². The molecule has 29 heavy (non-hydrogen) atoms. The van der Waals surface area contributed by atoms with Crippen molar-refractivity contribution >= 4 is 5.91 Å². The first-order valence-electron chi connectivity index (χ1n) is 10.9. The highest BCUT2D eigenvalue weighted by Crippen LogP contribution is 2.60. The molecule has 0 radical (unpaired) electrons. The highest BCUT2D eigenvalue weighted by atomic mass is 16.2. The fraction of sp³-hybridized carbons (Fsp3) is 0.636. The second-order valence-electron chi connectivity index (χ2n) is 10.2. The summed E-state index contributed by atoms with van der Waals surface area (Å²) >= 11 is 0. The summed E-state index contributed by atoms with van der Waals surface area (Å²) in [5.41, 5.74) is 0.716. The first-order valence-corrected chi connectivity index (χ1v) is 10.9. The maximum Gasteiger partial charge on any atom is 0.229 e. The predicted octanol–water partition coefficient (Wildman–Crippen LogP) is 1.67. The number of rotatable bonds is 5. The van der Waals surface area contributed by atoms with Crippen LogP contribution in [0.3, 0.4) is 0 Å². The van der Waals surface area contributed by atoms with Crippen LogP contribution in [0.15, 0.2) is 36.7 Å². The van der Waals surface area contributed by atoms with E-state index in [1.54, 1.807) is 6.33 Å². The minimum atomic E-state index is -0.330. The maximum atomic E-state index is 13.6. The quantitative estimate of drug-likeness (QED) is 0.809. The minimum absolute atomic E-state index is 0.0711. The van der Waals surface area contributed by atoms with Gasteiger partial charge in [-0.2, -0.15) is 4.80 Å². The zero-order chi connectivity index (χ0) is 19.5. The molecule has 152 valence electrons. The van der Waals surface area contributed by atoms with E-state index in [1.165, 1.54) is 12.0 Å². The summed E-state index contributed by atoms with van der Waals surface area (Å²) in [5, 5.41) is 19.6. The number of hydrogen-bond acceptors (Lipinski definition) is 5. The molecular weight excluding hydrogens is 364 g/mol. The van der Waals surface area contributed by atoms with Crippen LogP contribution in [0.2, 0.25) is 0 Å². The molecule has 5 aliphatic rings. The normalized spacial score (nSPS) is 36.6. The van der Waals surface area contributed by atoms with Gasteiger partial charge in [-0.05, 0) is 67.6 Å². The molecule has 1 saturated heterocycles. The van der Waals surface area contributed by atoms with Crippen molar-refractivity contribution in [2.24, 2.45) is 17.3 Å². The molecule has 2 atom stereocenters. The topological polar surface area (TPSA) is 84.7 Å². The van der Waals surface area contributed by atoms with Crippen LogP contribution in [0.25, 0.3) is 0 Å². The van der Waals surface area contributed by atoms with Gasteiger partial charge >= 0.3 is 0 Å². The van der Waals surface area contributed by atoms with Gasteiger partial charge in [0.25, 0.3) is 0 Å². The number of aromatic nitrogens is 4. The van der Waals surface area contributed by atoms with Crippen LogP contribution in [0.4, 0.5) is 0 Å². The molecular formula is C22H28N6O. The molecule has 2 heterocycles. The van der Waals surface area contributed by atoms with Crippen LogP contribution >= 0.6 is 0 Å². The van der Waals surface area contributed by atoms with Crippen molar-refractivity contribution in [2.75, 3.05) is 13.1 Å². The highest BCUT2D eigenvalue weighted by molar-refractivity contribution is 5.85. The number of nitrogens with one attached hydrogen (secondary N) is 2. The summed E-state index contributed by atoms with van der Waals surface area (Å²) < 4.78 is 0. The van der Waals surface area contributed by atoms with Crippen LogP contribution in [-0.2, 0) is 16.8 Å². The number of carbonyl (C=O) groups excluding carboxylic acids is 1. The molecule has 0 spiro atoms. The van der Waals surface area contributed by atoms with Crippen molar-refractivity contribution in [1.82, 2.24) is 30.8 Å². The van der Waals surface area contributed by atoms with Gasteiger partial charge in [0, 0.05) is 18.6 Å². The zero-order valence-electron chi connectivity index (χ0n) is 16.7. The average molecular weight is 393 g/mol. The number of tetrazole rings is 1. The van der Waals surface area contributed by atoms with E-state index in [2.05, 4.69) is 50.3 Å². The number of hydrogen-bond donors (Lipinski definition) is 2. The summed E-state index contributed by atoms with van der Waals surface area (Å²) in [7, 11) is 0. The van der Waals surface area contributed by atoms with Crippen molar-refractivity contribution in [3.8, 4) is 0 Å². The van der Waals surface area contributed by atoms with Gasteiger partial charge < -0.3 is 10.6 Å². The standard InChI is InChI=1S/C22H28N6O/c29-19(20(13-23-14-20)7-16-4-2-1-3-5-16)26-21-8-17-6-18(9-21)11-22(10-17,12-21)28-25-15-24-27-28/h1-5,15,17-18,23H,6-14H2,(H,26,29). The van der Waals surface area contributed by atoms with Gasteiger partial charge in [-0.1, -0.05) is 30.3 Å². The Bertz CT molecular complexity index is 893. The molecule has 5 fully saturated rings. The Kier molecular flexibility index (Phi) is 3.70. The third kappa shape index (κ3) is 2.74. The Labute approximate surface area is 170 Å². The molecule has 1 amide bonds. The smallest absolute Gasteiger partial charge is 0.229 e. The van der Waals surface area contributed by atoms with Crippen LogP contribution < -0.4 is 10.6 Å². The largest absolute Gasteiger partial charge is 0.350 e. The predicted molar refractivity (Wildman–Crippen MR) is 107 cm³/mol. The van der Waals surface area contributed by atoms with Crippen LogP contribution in [0, 0.1) is 17.3 Å². The van der Waals surface area contributed by atoms with Gasteiger partial charge in [0.2, 0.25) is 5.91 Å². The highest BCUT2D eigenvalue weighted by Gasteiger charge is 2.61. The maximum absolute atomic E-state index is 13.6. The van der Waals surface area contributed by atoms with E-state index >= 15 is 0 Å². The summed E-state index contributed by atoms with van der Waals surface area (Å²) in [6.07, 6.45) is 8.99. The van der Waals surface area contributed by atoms with Crippen LogP contribution in [-0.4, -0.2) is 44.7 Å². The Balaban J connectivity index is 1.27. The SMILES string of the molecule is O=C(NC12CC3CC(C1)CC(n1ncnn1)(C3)C2)C1(Cc2ccccc2)CNC1. The number of nitrogens with zero attached hydrogens (tertiary/aromatic N) is 4. The first-order chi connectivity index (χ1) is 14.1. The van der Waals surface area contributed by atoms with Gasteiger partial charge in [-0.15, -0.1) is 10.2 Å². The summed E-state index contributed by atoms with van der Waals surface area (Å²) in [6.45, 7) is 1.51. The Hall–Kier alpha value is -2.28. The molecule has 4 aliphatic carbocycles. The third-order valence-corrected chi connectivity index (χ3v) is 7.98. The van der Waals surface area contributed by atoms with Crippen molar-refractivity contribution in [1.29, 1.82) is 0 Å². The van der Waals surface area contributed by atoms with Crippen molar-refractivity contribution in [2.45, 2.75) is 56.0 Å². The minimum Gasteiger partial charge on any atom is -0.350 e. The van der Waals surface area contributed by atoms with Crippen molar-refractivity contribution < 1.29 is 4.79 Å². The van der Waals surface area contributed by atoms with E-state index in [9.17, 15) is 4.79 Å². The van der Waals surface area contributed by atoms with E-state index in [1.807, 2.05) is 10.9 Å². The second kappa shape index (κ2) is 6.11. The van der Waals surface area contributed by atoms with Gasteiger partial charge in [0.05, 0.1) is 11.0 Å². The van der Waals surface area contributed by atoms with Crippen molar-refractivity contribution in [3.63, 3.8) is 0 Å². The van der Waals surface area contributed by atoms with E-state index in [-0.39, 0.29) is 22.4 Å². The fourth-order valence-electron chi connectivity index (χ4n) is 7.13. The number of amides is 1. The second-order valence-corrected chi connectivity index (χ2v) is 10.2. The Morgan fingerprint density at radius 2 is 1.90 bits per heavy atom. The molecule has 1 aliphatic heterocycles. The van der Waals surface area contributed by atoms with Gasteiger partial charge in [0.1, 0.15) is 0 Å². The molecule has 7 heteroatoms. The van der Waals surface area contributed by atoms with Gasteiger partial charge in [-0.3, -0.25) is 4.79 Å². The lowest BCUT2D eigenvalue weighted by Gasteiger charge is -2.61. The van der Waals surface area contributed by atoms with E-state index in [0.717, 1.165) is 51.6 Å². The van der Waals surface area contributed by atoms with E-state index in [4.69, 9.17) is 0 Å². The van der Waals surface area contributed by atoms with E-state index in [0.29, 0.717) is 11.8 Å². The van der Waals surface area contributed by atoms with E-state index < -0.39 is 0 Å². The number of benzene rings is 1. The molecule has 2 unspecified atom stereocenters. The zero-order valence-corrected chi connectivity index (χ0v) is 16.7. The molecule has 4 bridgehead atoms. The molecule has 1 aromatic heterocycles. The molecule has 2 aromatic rings. The molecule has 7 rings (SSSR count). The van der Waals surface area contributed by atoms with Crippen LogP contribution in [0.1, 0.15) is 44.1 Å². The fourth-order valence-corrected chi connectivity index (χ4v) is 7.13. The first kappa shape index (κ1) is 17.6. The van der Waals surface area contributed by atoms with Gasteiger partial charge in [-0.25, -0.2) is 0 Å². The Morgan fingerprint density at radius 3 is 2.52 bits per heavy atom. The molecule has 2 N–H and O–H groups in total. The lowest BCUT2D eigenvalue weighted by Crippen LogP contribution is -2.70.